The average Bonchev–Trinajstić information content (AvgIpc) is 3.11. The summed E-state index contributed by atoms with van der Waals surface area (Å²) >= 11 is 5.87. The molecule has 8 heteroatoms. The highest BCUT2D eigenvalue weighted by Crippen LogP contribution is 2.24. The van der Waals surface area contributed by atoms with Crippen LogP contribution in [0.2, 0.25) is 5.02 Å². The Morgan fingerprint density at radius 3 is 2.65 bits per heavy atom. The standard InChI is InChI=1S/C12H16ClN3O3S/c1-7(12(17)15-9-3-4-9)16-20(18,19)11-5-2-8(14)6-10(11)13/h2,5-7,9,16H,3-4,14H2,1H3,(H,15,17). The maximum absolute atomic E-state index is 12.2. The van der Waals surface area contributed by atoms with Crippen molar-refractivity contribution >= 4 is 33.2 Å². The van der Waals surface area contributed by atoms with Crippen LogP contribution in [0.4, 0.5) is 5.69 Å². The van der Waals surface area contributed by atoms with E-state index in [4.69, 9.17) is 17.3 Å². The second-order valence-corrected chi connectivity index (χ2v) is 6.91. The van der Waals surface area contributed by atoms with Gasteiger partial charge >= 0.3 is 0 Å². The fourth-order valence-corrected chi connectivity index (χ4v) is 3.39. The molecule has 1 aliphatic rings. The smallest absolute Gasteiger partial charge is 0.242 e. The zero-order valence-corrected chi connectivity index (χ0v) is 12.5. The van der Waals surface area contributed by atoms with Crippen molar-refractivity contribution in [3.63, 3.8) is 0 Å². The van der Waals surface area contributed by atoms with Crippen molar-refractivity contribution in [1.29, 1.82) is 0 Å². The third-order valence-corrected chi connectivity index (χ3v) is 4.92. The number of nitrogens with one attached hydrogen (secondary N) is 2. The Balaban J connectivity index is 2.11. The van der Waals surface area contributed by atoms with E-state index in [1.807, 2.05) is 0 Å². The Hall–Kier alpha value is -1.31. The maximum Gasteiger partial charge on any atom is 0.242 e. The number of benzene rings is 1. The van der Waals surface area contributed by atoms with Crippen molar-refractivity contribution in [2.75, 3.05) is 5.73 Å². The van der Waals surface area contributed by atoms with Gasteiger partial charge in [-0.2, -0.15) is 4.72 Å². The Labute approximate surface area is 122 Å². The third-order valence-electron chi connectivity index (χ3n) is 2.89. The minimum Gasteiger partial charge on any atom is -0.399 e. The van der Waals surface area contributed by atoms with E-state index in [-0.39, 0.29) is 21.9 Å². The van der Waals surface area contributed by atoms with Gasteiger partial charge in [0.15, 0.2) is 0 Å². The first-order valence-electron chi connectivity index (χ1n) is 6.17. The van der Waals surface area contributed by atoms with Crippen LogP contribution in [0.15, 0.2) is 23.1 Å². The summed E-state index contributed by atoms with van der Waals surface area (Å²) in [6.45, 7) is 1.49. The monoisotopic (exact) mass is 317 g/mol. The molecule has 1 aromatic carbocycles. The molecule has 1 unspecified atom stereocenters. The summed E-state index contributed by atoms with van der Waals surface area (Å²) in [5.74, 6) is -0.345. The number of hydrogen-bond acceptors (Lipinski definition) is 4. The first kappa shape index (κ1) is 15.1. The molecule has 0 aromatic heterocycles. The van der Waals surface area contributed by atoms with Crippen molar-refractivity contribution in [3.05, 3.63) is 23.2 Å². The SMILES string of the molecule is CC(NS(=O)(=O)c1ccc(N)cc1Cl)C(=O)NC1CC1. The third kappa shape index (κ3) is 3.62. The van der Waals surface area contributed by atoms with Gasteiger partial charge in [0.25, 0.3) is 0 Å². The van der Waals surface area contributed by atoms with Crippen molar-refractivity contribution < 1.29 is 13.2 Å². The second kappa shape index (κ2) is 5.59. The number of anilines is 1. The topological polar surface area (TPSA) is 101 Å². The highest BCUT2D eigenvalue weighted by Gasteiger charge is 2.28. The summed E-state index contributed by atoms with van der Waals surface area (Å²) in [7, 11) is -3.87. The van der Waals surface area contributed by atoms with E-state index in [0.717, 1.165) is 12.8 Å². The van der Waals surface area contributed by atoms with Crippen LogP contribution in [-0.2, 0) is 14.8 Å². The molecule has 0 bridgehead atoms. The van der Waals surface area contributed by atoms with Gasteiger partial charge in [0.2, 0.25) is 15.9 Å². The molecule has 2 rings (SSSR count). The van der Waals surface area contributed by atoms with Gasteiger partial charge in [-0.25, -0.2) is 8.42 Å². The number of hydrogen-bond donors (Lipinski definition) is 3. The molecule has 1 saturated carbocycles. The summed E-state index contributed by atoms with van der Waals surface area (Å²) in [4.78, 5) is 11.7. The predicted molar refractivity (Wildman–Crippen MR) is 76.8 cm³/mol. The summed E-state index contributed by atoms with van der Waals surface area (Å²) in [6.07, 6.45) is 1.88. The molecule has 0 saturated heterocycles. The number of rotatable bonds is 5. The van der Waals surface area contributed by atoms with Crippen LogP contribution in [0.5, 0.6) is 0 Å². The summed E-state index contributed by atoms with van der Waals surface area (Å²) < 4.78 is 26.6. The number of carbonyl (C=O) groups excluding carboxylic acids is 1. The second-order valence-electron chi connectivity index (χ2n) is 4.82. The summed E-state index contributed by atoms with van der Waals surface area (Å²) in [5.41, 5.74) is 5.89. The molecule has 0 aliphatic heterocycles. The predicted octanol–water partition coefficient (Wildman–Crippen LogP) is 0.868. The number of sulfonamides is 1. The molecular formula is C12H16ClN3O3S. The number of nitrogen functional groups attached to an aromatic ring is 1. The van der Waals surface area contributed by atoms with Gasteiger partial charge in [0.05, 0.1) is 11.1 Å². The molecule has 1 aliphatic carbocycles. The lowest BCUT2D eigenvalue weighted by Crippen LogP contribution is -2.45. The fraction of sp³-hybridized carbons (Fsp3) is 0.417. The molecule has 20 heavy (non-hydrogen) atoms. The molecule has 1 fully saturated rings. The van der Waals surface area contributed by atoms with Gasteiger partial charge < -0.3 is 11.1 Å². The molecule has 110 valence electrons. The Morgan fingerprint density at radius 1 is 1.45 bits per heavy atom. The maximum atomic E-state index is 12.2. The van der Waals surface area contributed by atoms with Crippen LogP contribution in [0.25, 0.3) is 0 Å². The summed E-state index contributed by atoms with van der Waals surface area (Å²) in [6, 6.07) is 3.41. The first-order chi connectivity index (χ1) is 9.29. The van der Waals surface area contributed by atoms with E-state index in [0.29, 0.717) is 5.69 Å². The van der Waals surface area contributed by atoms with Crippen LogP contribution in [0.3, 0.4) is 0 Å². The molecule has 4 N–H and O–H groups in total. The number of amides is 1. The number of nitrogens with two attached hydrogens (primary N) is 1. The zero-order valence-electron chi connectivity index (χ0n) is 10.9. The lowest BCUT2D eigenvalue weighted by Gasteiger charge is -2.15. The molecule has 6 nitrogen and oxygen atoms in total. The Bertz CT molecular complexity index is 629. The van der Waals surface area contributed by atoms with Gasteiger partial charge in [-0.15, -0.1) is 0 Å². The van der Waals surface area contributed by atoms with Crippen LogP contribution < -0.4 is 15.8 Å². The van der Waals surface area contributed by atoms with Crippen molar-refractivity contribution in [2.24, 2.45) is 0 Å². The largest absolute Gasteiger partial charge is 0.399 e. The van der Waals surface area contributed by atoms with Gasteiger partial charge in [0.1, 0.15) is 4.90 Å². The molecule has 1 atom stereocenters. The van der Waals surface area contributed by atoms with E-state index >= 15 is 0 Å². The van der Waals surface area contributed by atoms with Crippen molar-refractivity contribution in [3.8, 4) is 0 Å². The van der Waals surface area contributed by atoms with Crippen molar-refractivity contribution in [2.45, 2.75) is 36.7 Å². The average molecular weight is 318 g/mol. The zero-order chi connectivity index (χ0) is 14.9. The minimum atomic E-state index is -3.87. The summed E-state index contributed by atoms with van der Waals surface area (Å²) in [5, 5.41) is 2.75. The minimum absolute atomic E-state index is 0.0206. The lowest BCUT2D eigenvalue weighted by molar-refractivity contribution is -0.122. The molecular weight excluding hydrogens is 302 g/mol. The van der Waals surface area contributed by atoms with Crippen LogP contribution in [0, 0.1) is 0 Å². The van der Waals surface area contributed by atoms with E-state index in [9.17, 15) is 13.2 Å². The quantitative estimate of drug-likeness (QED) is 0.701. The molecule has 1 amide bonds. The number of halogens is 1. The molecule has 0 spiro atoms. The van der Waals surface area contributed by atoms with Gasteiger partial charge in [-0.05, 0) is 38.0 Å². The van der Waals surface area contributed by atoms with E-state index in [2.05, 4.69) is 10.0 Å². The van der Waals surface area contributed by atoms with Crippen LogP contribution in [-0.4, -0.2) is 26.4 Å². The van der Waals surface area contributed by atoms with Gasteiger partial charge in [-0.3, -0.25) is 4.79 Å². The molecule has 0 heterocycles. The Morgan fingerprint density at radius 2 is 2.10 bits per heavy atom. The normalized spacial score (nSPS) is 16.7. The van der Waals surface area contributed by atoms with Crippen LogP contribution in [0.1, 0.15) is 19.8 Å². The van der Waals surface area contributed by atoms with E-state index in [1.165, 1.54) is 25.1 Å². The van der Waals surface area contributed by atoms with Gasteiger partial charge in [-0.1, -0.05) is 11.6 Å². The van der Waals surface area contributed by atoms with E-state index < -0.39 is 16.1 Å². The highest BCUT2D eigenvalue weighted by atomic mass is 35.5. The lowest BCUT2D eigenvalue weighted by atomic mass is 10.3. The Kier molecular flexibility index (Phi) is 4.22. The van der Waals surface area contributed by atoms with Crippen LogP contribution >= 0.6 is 11.6 Å². The highest BCUT2D eigenvalue weighted by molar-refractivity contribution is 7.89. The van der Waals surface area contributed by atoms with E-state index in [1.54, 1.807) is 0 Å². The molecule has 0 radical (unpaired) electrons. The first-order valence-corrected chi connectivity index (χ1v) is 8.03. The number of carbonyl (C=O) groups is 1. The molecule has 1 aromatic rings. The van der Waals surface area contributed by atoms with Gasteiger partial charge in [0, 0.05) is 11.7 Å². The fourth-order valence-electron chi connectivity index (χ4n) is 1.64. The van der Waals surface area contributed by atoms with Crippen molar-refractivity contribution in [1.82, 2.24) is 10.0 Å².